The van der Waals surface area contributed by atoms with Crippen LogP contribution in [0.1, 0.15) is 17.2 Å². The number of nitrogens with zero attached hydrogens (tertiary/aromatic N) is 2. The van der Waals surface area contributed by atoms with Gasteiger partial charge in [0.05, 0.1) is 24.4 Å². The smallest absolute Gasteiger partial charge is 0.303 e. The summed E-state index contributed by atoms with van der Waals surface area (Å²) in [7, 11) is -3.62. The molecule has 0 fully saturated rings. The zero-order valence-corrected chi connectivity index (χ0v) is 15.6. The summed E-state index contributed by atoms with van der Waals surface area (Å²) in [5, 5.41) is 0.475. The number of guanidine groups is 1. The van der Waals surface area contributed by atoms with Gasteiger partial charge in [-0.1, -0.05) is 23.7 Å². The number of alkyl halides is 3. The van der Waals surface area contributed by atoms with Gasteiger partial charge >= 0.3 is 6.18 Å². The number of anilines is 1. The molecule has 1 aliphatic heterocycles. The highest BCUT2D eigenvalue weighted by atomic mass is 35.5. The maximum atomic E-state index is 13.1. The summed E-state index contributed by atoms with van der Waals surface area (Å²) >= 11 is 5.90. The first-order valence-electron chi connectivity index (χ1n) is 7.79. The van der Waals surface area contributed by atoms with Crippen LogP contribution in [0.15, 0.2) is 53.5 Å². The molecule has 10 heteroatoms. The van der Waals surface area contributed by atoms with E-state index in [1.165, 1.54) is 6.07 Å². The number of halogens is 4. The molecule has 0 aliphatic carbocycles. The summed E-state index contributed by atoms with van der Waals surface area (Å²) in [5.74, 6) is 0.0437. The first-order chi connectivity index (χ1) is 12.5. The Balaban J connectivity index is 2.03. The molecule has 0 amide bonds. The van der Waals surface area contributed by atoms with E-state index in [-0.39, 0.29) is 12.5 Å². The summed E-state index contributed by atoms with van der Waals surface area (Å²) in [6.45, 7) is 0.0990. The van der Waals surface area contributed by atoms with Crippen molar-refractivity contribution in [3.8, 4) is 0 Å². The Morgan fingerprint density at radius 1 is 1.19 bits per heavy atom. The third-order valence-electron chi connectivity index (χ3n) is 3.93. The predicted octanol–water partition coefficient (Wildman–Crippen LogP) is 3.83. The number of nitrogens with one attached hydrogen (secondary N) is 1. The molecule has 0 radical (unpaired) electrons. The summed E-state index contributed by atoms with van der Waals surface area (Å²) < 4.78 is 64.8. The summed E-state index contributed by atoms with van der Waals surface area (Å²) in [6.07, 6.45) is -3.50. The molecule has 1 N–H and O–H groups in total. The highest BCUT2D eigenvalue weighted by Crippen LogP contribution is 2.35. The van der Waals surface area contributed by atoms with Crippen molar-refractivity contribution in [2.24, 2.45) is 4.99 Å². The van der Waals surface area contributed by atoms with E-state index in [0.717, 1.165) is 18.4 Å². The van der Waals surface area contributed by atoms with Gasteiger partial charge in [0, 0.05) is 10.7 Å². The minimum absolute atomic E-state index is 0.0437. The average Bonchev–Trinajstić information content (AvgIpc) is 2.96. The lowest BCUT2D eigenvalue weighted by Crippen LogP contribution is -2.42. The fourth-order valence-corrected chi connectivity index (χ4v) is 3.43. The average molecular weight is 418 g/mol. The molecule has 0 saturated heterocycles. The summed E-state index contributed by atoms with van der Waals surface area (Å²) in [6, 6.07) is 10.8. The van der Waals surface area contributed by atoms with Crippen LogP contribution in [-0.2, 0) is 16.2 Å². The number of hydrogen-bond acceptors (Lipinski definition) is 4. The van der Waals surface area contributed by atoms with Crippen molar-refractivity contribution in [1.29, 1.82) is 0 Å². The van der Waals surface area contributed by atoms with Gasteiger partial charge in [0.1, 0.15) is 0 Å². The third kappa shape index (κ3) is 4.54. The Morgan fingerprint density at radius 2 is 1.85 bits per heavy atom. The van der Waals surface area contributed by atoms with E-state index in [9.17, 15) is 21.6 Å². The molecule has 27 heavy (non-hydrogen) atoms. The first kappa shape index (κ1) is 19.5. The number of aliphatic imine (C=N–C) groups is 1. The van der Waals surface area contributed by atoms with Gasteiger partial charge in [0.25, 0.3) is 0 Å². The highest BCUT2D eigenvalue weighted by molar-refractivity contribution is 7.89. The van der Waals surface area contributed by atoms with Crippen molar-refractivity contribution in [3.63, 3.8) is 0 Å². The van der Waals surface area contributed by atoms with Crippen LogP contribution in [0.25, 0.3) is 0 Å². The van der Waals surface area contributed by atoms with Crippen LogP contribution in [0.3, 0.4) is 0 Å². The molecule has 1 atom stereocenters. The molecule has 3 rings (SSSR count). The fraction of sp³-hybridized carbons (Fsp3) is 0.235. The Hall–Kier alpha value is -2.26. The molecule has 1 aliphatic rings. The van der Waals surface area contributed by atoms with Crippen molar-refractivity contribution < 1.29 is 21.6 Å². The molecule has 1 heterocycles. The minimum Gasteiger partial charge on any atom is -0.303 e. The Morgan fingerprint density at radius 3 is 2.44 bits per heavy atom. The van der Waals surface area contributed by atoms with Crippen LogP contribution in [0, 0.1) is 0 Å². The highest BCUT2D eigenvalue weighted by Gasteiger charge is 2.35. The molecular formula is C17H15ClF3N3O2S. The molecule has 2 aromatic carbocycles. The van der Waals surface area contributed by atoms with Gasteiger partial charge in [-0.3, -0.25) is 4.72 Å². The van der Waals surface area contributed by atoms with Gasteiger partial charge in [-0.25, -0.2) is 13.4 Å². The lowest BCUT2D eigenvalue weighted by molar-refractivity contribution is -0.137. The molecule has 0 spiro atoms. The number of benzene rings is 2. The Bertz CT molecular complexity index is 976. The predicted molar refractivity (Wildman–Crippen MR) is 98.4 cm³/mol. The molecule has 0 bridgehead atoms. The second kappa shape index (κ2) is 7.05. The number of hydrogen-bond donors (Lipinski definition) is 1. The second-order valence-electron chi connectivity index (χ2n) is 6.02. The van der Waals surface area contributed by atoms with Crippen LogP contribution < -0.4 is 9.62 Å². The van der Waals surface area contributed by atoms with Gasteiger partial charge in [-0.15, -0.1) is 0 Å². The first-order valence-corrected chi connectivity index (χ1v) is 10.1. The molecule has 144 valence electrons. The normalized spacial score (nSPS) is 17.7. The van der Waals surface area contributed by atoms with Gasteiger partial charge in [-0.05, 0) is 42.0 Å². The maximum absolute atomic E-state index is 13.1. The van der Waals surface area contributed by atoms with Crippen LogP contribution in [0.5, 0.6) is 0 Å². The van der Waals surface area contributed by atoms with E-state index < -0.39 is 27.8 Å². The Kier molecular flexibility index (Phi) is 5.09. The lowest BCUT2D eigenvalue weighted by atomic mass is 10.0. The van der Waals surface area contributed by atoms with Crippen molar-refractivity contribution in [2.45, 2.75) is 12.2 Å². The topological polar surface area (TPSA) is 61.8 Å². The van der Waals surface area contributed by atoms with E-state index in [2.05, 4.69) is 9.71 Å². The summed E-state index contributed by atoms with van der Waals surface area (Å²) in [4.78, 5) is 5.74. The van der Waals surface area contributed by atoms with Gasteiger partial charge in [0.2, 0.25) is 16.0 Å². The maximum Gasteiger partial charge on any atom is 0.416 e. The quantitative estimate of drug-likeness (QED) is 0.825. The van der Waals surface area contributed by atoms with Crippen molar-refractivity contribution >= 4 is 33.3 Å². The monoisotopic (exact) mass is 417 g/mol. The van der Waals surface area contributed by atoms with Crippen molar-refractivity contribution in [1.82, 2.24) is 4.72 Å². The Labute approximate surface area is 159 Å². The SMILES string of the molecule is CS(=O)(=O)NC1=NC[C@H](c2cccc(C(F)(F)F)c2)N1c1ccc(Cl)cc1. The molecule has 0 saturated carbocycles. The third-order valence-corrected chi connectivity index (χ3v) is 4.74. The van der Waals surface area contributed by atoms with E-state index in [1.54, 1.807) is 35.2 Å². The molecule has 5 nitrogen and oxygen atoms in total. The van der Waals surface area contributed by atoms with Crippen LogP contribution in [-0.4, -0.2) is 27.2 Å². The number of sulfonamides is 1. The molecule has 2 aromatic rings. The molecular weight excluding hydrogens is 403 g/mol. The van der Waals surface area contributed by atoms with Gasteiger partial charge in [0.15, 0.2) is 0 Å². The van der Waals surface area contributed by atoms with Crippen molar-refractivity contribution in [2.75, 3.05) is 17.7 Å². The van der Waals surface area contributed by atoms with E-state index in [0.29, 0.717) is 16.3 Å². The fourth-order valence-electron chi connectivity index (χ4n) is 2.81. The van der Waals surface area contributed by atoms with Crippen LogP contribution in [0.2, 0.25) is 5.02 Å². The van der Waals surface area contributed by atoms with Crippen LogP contribution >= 0.6 is 11.6 Å². The van der Waals surface area contributed by atoms with Crippen LogP contribution in [0.4, 0.5) is 18.9 Å². The second-order valence-corrected chi connectivity index (χ2v) is 8.21. The largest absolute Gasteiger partial charge is 0.416 e. The van der Waals surface area contributed by atoms with E-state index in [4.69, 9.17) is 11.6 Å². The molecule has 0 aromatic heterocycles. The standard InChI is InChI=1S/C17H15ClF3N3O2S/c1-27(25,26)23-16-22-10-15(24(16)14-7-5-13(18)6-8-14)11-3-2-4-12(9-11)17(19,20)21/h2-9,15H,10H2,1H3,(H,22,23)/t15-/m1/s1. The van der Waals surface area contributed by atoms with Gasteiger partial charge < -0.3 is 4.90 Å². The molecule has 0 unspecified atom stereocenters. The zero-order valence-electron chi connectivity index (χ0n) is 14.0. The van der Waals surface area contributed by atoms with Crippen molar-refractivity contribution in [3.05, 3.63) is 64.7 Å². The lowest BCUT2D eigenvalue weighted by Gasteiger charge is -2.28. The van der Waals surface area contributed by atoms with E-state index >= 15 is 0 Å². The summed E-state index contributed by atoms with van der Waals surface area (Å²) in [5.41, 5.74) is 0.142. The number of rotatable bonds is 3. The van der Waals surface area contributed by atoms with E-state index in [1.807, 2.05) is 0 Å². The zero-order chi connectivity index (χ0) is 19.8. The minimum atomic E-state index is -4.48. The van der Waals surface area contributed by atoms with Gasteiger partial charge in [-0.2, -0.15) is 13.2 Å².